The van der Waals surface area contributed by atoms with Crippen molar-refractivity contribution in [1.29, 1.82) is 0 Å². The molecule has 0 spiro atoms. The van der Waals surface area contributed by atoms with E-state index in [1.165, 1.54) is 38.6 Å². The molecule has 0 radical (unpaired) electrons. The molecule has 0 amide bonds. The van der Waals surface area contributed by atoms with Crippen LogP contribution in [0.4, 0.5) is 0 Å². The maximum Gasteiger partial charge on any atom is 0.0225 e. The first-order chi connectivity index (χ1) is 7.94. The van der Waals surface area contributed by atoms with Gasteiger partial charge in [0.2, 0.25) is 0 Å². The number of alkyl halides is 1. The summed E-state index contributed by atoms with van der Waals surface area (Å²) in [6.07, 6.45) is 8.00. The zero-order valence-corrected chi connectivity index (χ0v) is 12.9. The van der Waals surface area contributed by atoms with Crippen LogP contribution in [0, 0.1) is 11.3 Å². The van der Waals surface area contributed by atoms with Crippen molar-refractivity contribution in [3.63, 3.8) is 0 Å². The van der Waals surface area contributed by atoms with E-state index in [1.54, 1.807) is 0 Å². The quantitative estimate of drug-likeness (QED) is 0.633. The fourth-order valence-corrected chi connectivity index (χ4v) is 3.13. The second-order valence-corrected chi connectivity index (χ2v) is 7.13. The molecule has 0 aromatic heterocycles. The number of rotatable bonds is 6. The highest BCUT2D eigenvalue weighted by Gasteiger charge is 2.28. The van der Waals surface area contributed by atoms with Crippen molar-refractivity contribution in [2.75, 3.05) is 19.5 Å². The van der Waals surface area contributed by atoms with Gasteiger partial charge in [0.05, 0.1) is 0 Å². The Morgan fingerprint density at radius 1 is 1.24 bits per heavy atom. The molecule has 102 valence electrons. The molecule has 0 aromatic carbocycles. The van der Waals surface area contributed by atoms with Gasteiger partial charge in [-0.1, -0.05) is 20.8 Å². The van der Waals surface area contributed by atoms with Crippen LogP contribution in [0.15, 0.2) is 0 Å². The molecule has 1 aliphatic rings. The lowest BCUT2D eigenvalue weighted by Gasteiger charge is -2.39. The molecule has 1 fully saturated rings. The average Bonchev–Trinajstić information content (AvgIpc) is 2.26. The summed E-state index contributed by atoms with van der Waals surface area (Å²) >= 11 is 5.78. The van der Waals surface area contributed by atoms with Crippen molar-refractivity contribution < 1.29 is 0 Å². The maximum atomic E-state index is 5.78. The Bertz CT molecular complexity index is 205. The van der Waals surface area contributed by atoms with Gasteiger partial charge in [-0.05, 0) is 63.5 Å². The van der Waals surface area contributed by atoms with Crippen LogP contribution in [-0.2, 0) is 0 Å². The molecule has 0 aliphatic heterocycles. The van der Waals surface area contributed by atoms with Crippen molar-refractivity contribution in [1.82, 2.24) is 4.90 Å². The molecule has 1 aliphatic carbocycles. The minimum absolute atomic E-state index is 0.587. The SMILES string of the molecule is CC(CCCl)CCN(C)C1CCC(C)(C)CC1. The highest BCUT2D eigenvalue weighted by Crippen LogP contribution is 2.36. The molecule has 17 heavy (non-hydrogen) atoms. The third-order valence-electron chi connectivity index (χ3n) is 4.51. The molecule has 1 atom stereocenters. The zero-order valence-electron chi connectivity index (χ0n) is 12.1. The summed E-state index contributed by atoms with van der Waals surface area (Å²) in [7, 11) is 2.30. The van der Waals surface area contributed by atoms with Crippen LogP contribution in [0.25, 0.3) is 0 Å². The third kappa shape index (κ3) is 5.61. The van der Waals surface area contributed by atoms with Crippen LogP contribution >= 0.6 is 11.6 Å². The first kappa shape index (κ1) is 15.3. The summed E-state index contributed by atoms with van der Waals surface area (Å²) in [6, 6.07) is 0.825. The fraction of sp³-hybridized carbons (Fsp3) is 1.00. The predicted molar refractivity (Wildman–Crippen MR) is 77.8 cm³/mol. The number of hydrogen-bond acceptors (Lipinski definition) is 1. The van der Waals surface area contributed by atoms with E-state index in [1.807, 2.05) is 0 Å². The average molecular weight is 260 g/mol. The van der Waals surface area contributed by atoms with E-state index in [9.17, 15) is 0 Å². The van der Waals surface area contributed by atoms with Gasteiger partial charge < -0.3 is 4.90 Å². The van der Waals surface area contributed by atoms with Crippen LogP contribution in [0.2, 0.25) is 0 Å². The standard InChI is InChI=1S/C15H30ClN/c1-13(7-11-16)8-12-17(4)14-5-9-15(2,3)10-6-14/h13-14H,5-12H2,1-4H3. The van der Waals surface area contributed by atoms with Gasteiger partial charge in [0.15, 0.2) is 0 Å². The molecule has 0 aromatic rings. The molecule has 2 heteroatoms. The summed E-state index contributed by atoms with van der Waals surface area (Å²) in [4.78, 5) is 2.58. The highest BCUT2D eigenvalue weighted by atomic mass is 35.5. The lowest BCUT2D eigenvalue weighted by atomic mass is 9.75. The molecule has 0 saturated heterocycles. The molecule has 1 saturated carbocycles. The fourth-order valence-electron chi connectivity index (χ4n) is 2.76. The van der Waals surface area contributed by atoms with Gasteiger partial charge in [0.1, 0.15) is 0 Å². The Morgan fingerprint density at radius 2 is 1.82 bits per heavy atom. The Morgan fingerprint density at radius 3 is 2.35 bits per heavy atom. The molecule has 1 rings (SSSR count). The minimum atomic E-state index is 0.587. The van der Waals surface area contributed by atoms with Gasteiger partial charge in [-0.25, -0.2) is 0 Å². The summed E-state index contributed by atoms with van der Waals surface area (Å²) in [6.45, 7) is 8.38. The van der Waals surface area contributed by atoms with Crippen molar-refractivity contribution in [3.05, 3.63) is 0 Å². The van der Waals surface area contributed by atoms with Crippen molar-refractivity contribution in [3.8, 4) is 0 Å². The lowest BCUT2D eigenvalue weighted by molar-refractivity contribution is 0.123. The van der Waals surface area contributed by atoms with E-state index < -0.39 is 0 Å². The number of nitrogens with zero attached hydrogens (tertiary/aromatic N) is 1. The smallest absolute Gasteiger partial charge is 0.0225 e. The van der Waals surface area contributed by atoms with Crippen LogP contribution in [-0.4, -0.2) is 30.4 Å². The van der Waals surface area contributed by atoms with E-state index in [0.717, 1.165) is 24.3 Å². The van der Waals surface area contributed by atoms with Crippen LogP contribution in [0.5, 0.6) is 0 Å². The Balaban J connectivity index is 2.22. The Hall–Kier alpha value is 0.250. The first-order valence-electron chi connectivity index (χ1n) is 7.21. The number of halogens is 1. The molecule has 1 nitrogen and oxygen atoms in total. The van der Waals surface area contributed by atoms with E-state index in [-0.39, 0.29) is 0 Å². The maximum absolute atomic E-state index is 5.78. The van der Waals surface area contributed by atoms with Crippen LogP contribution in [0.1, 0.15) is 59.3 Å². The number of hydrogen-bond donors (Lipinski definition) is 0. The summed E-state index contributed by atoms with van der Waals surface area (Å²) in [5, 5.41) is 0. The first-order valence-corrected chi connectivity index (χ1v) is 7.74. The molecule has 0 heterocycles. The lowest BCUT2D eigenvalue weighted by Crippen LogP contribution is -2.38. The summed E-state index contributed by atoms with van der Waals surface area (Å²) < 4.78 is 0. The van der Waals surface area contributed by atoms with Gasteiger partial charge >= 0.3 is 0 Å². The van der Waals surface area contributed by atoms with Gasteiger partial charge in [-0.3, -0.25) is 0 Å². The second-order valence-electron chi connectivity index (χ2n) is 6.75. The monoisotopic (exact) mass is 259 g/mol. The van der Waals surface area contributed by atoms with E-state index in [4.69, 9.17) is 11.6 Å². The van der Waals surface area contributed by atoms with Gasteiger partial charge in [0.25, 0.3) is 0 Å². The second kappa shape index (κ2) is 6.99. The largest absolute Gasteiger partial charge is 0.303 e. The van der Waals surface area contributed by atoms with E-state index in [2.05, 4.69) is 32.7 Å². The van der Waals surface area contributed by atoms with Gasteiger partial charge in [-0.2, -0.15) is 0 Å². The zero-order chi connectivity index (χ0) is 12.9. The highest BCUT2D eigenvalue weighted by molar-refractivity contribution is 6.17. The molecular weight excluding hydrogens is 230 g/mol. The van der Waals surface area contributed by atoms with Crippen molar-refractivity contribution >= 4 is 11.6 Å². The molecule has 0 bridgehead atoms. The predicted octanol–water partition coefficient (Wildman–Crippen LogP) is 4.54. The van der Waals surface area contributed by atoms with E-state index >= 15 is 0 Å². The molecular formula is C15H30ClN. The Labute approximate surface area is 113 Å². The van der Waals surface area contributed by atoms with E-state index in [0.29, 0.717) is 5.41 Å². The van der Waals surface area contributed by atoms with Crippen molar-refractivity contribution in [2.45, 2.75) is 65.3 Å². The molecule has 1 unspecified atom stereocenters. The Kier molecular flexibility index (Phi) is 6.30. The molecule has 0 N–H and O–H groups in total. The van der Waals surface area contributed by atoms with Gasteiger partial charge in [0, 0.05) is 11.9 Å². The van der Waals surface area contributed by atoms with Crippen molar-refractivity contribution in [2.24, 2.45) is 11.3 Å². The third-order valence-corrected chi connectivity index (χ3v) is 4.73. The normalized spacial score (nSPS) is 22.9. The van der Waals surface area contributed by atoms with Crippen LogP contribution < -0.4 is 0 Å². The summed E-state index contributed by atoms with van der Waals surface area (Å²) in [5.41, 5.74) is 0.587. The summed E-state index contributed by atoms with van der Waals surface area (Å²) in [5.74, 6) is 1.58. The topological polar surface area (TPSA) is 3.24 Å². The van der Waals surface area contributed by atoms with Crippen LogP contribution in [0.3, 0.4) is 0 Å². The van der Waals surface area contributed by atoms with Gasteiger partial charge in [-0.15, -0.1) is 11.6 Å². The minimum Gasteiger partial charge on any atom is -0.303 e.